The molecule has 20 heavy (non-hydrogen) atoms. The summed E-state index contributed by atoms with van der Waals surface area (Å²) in [5.74, 6) is -2.13. The smallest absolute Gasteiger partial charge is 0.236 e. The number of carbonyl (C=O) groups excluding carboxylic acids is 1. The molecule has 0 N–H and O–H groups in total. The highest BCUT2D eigenvalue weighted by Crippen LogP contribution is 2.14. The minimum absolute atomic E-state index is 0.639. The van der Waals surface area contributed by atoms with Gasteiger partial charge in [0, 0.05) is 0 Å². The lowest BCUT2D eigenvalue weighted by atomic mass is 10.4. The average molecular weight is 394 g/mol. The van der Waals surface area contributed by atoms with Crippen molar-refractivity contribution in [3.05, 3.63) is 67.8 Å². The number of rotatable bonds is 3. The second kappa shape index (κ2) is 6.25. The number of hydrogen-bond acceptors (Lipinski definition) is 2. The van der Waals surface area contributed by atoms with Crippen LogP contribution >= 0.6 is 0 Å². The van der Waals surface area contributed by atoms with Gasteiger partial charge in [-0.05, 0) is 24.3 Å². The highest BCUT2D eigenvalue weighted by atomic mass is 127. The molecule has 1 radical (unpaired) electrons. The number of hydrogen-bond donors (Lipinski definition) is 0. The summed E-state index contributed by atoms with van der Waals surface area (Å²) in [6, 6.07) is 17.1. The van der Waals surface area contributed by atoms with Crippen LogP contribution in [0.3, 0.4) is 0 Å². The number of alkyl halides is 3. The Morgan fingerprint density at radius 1 is 0.850 bits per heavy atom. The summed E-state index contributed by atoms with van der Waals surface area (Å²) in [5.41, 5.74) is 0. The van der Waals surface area contributed by atoms with Gasteiger partial charge >= 0.3 is 32.4 Å². The molecule has 0 heterocycles. The predicted octanol–water partition coefficient (Wildman–Crippen LogP) is 0.371. The third kappa shape index (κ3) is 3.72. The van der Waals surface area contributed by atoms with E-state index in [1.54, 1.807) is 60.7 Å². The molecule has 0 aliphatic heterocycles. The molecule has 0 aliphatic rings. The molecule has 0 aliphatic carbocycles. The van der Waals surface area contributed by atoms with Crippen molar-refractivity contribution in [3.8, 4) is 0 Å². The van der Waals surface area contributed by atoms with Crippen molar-refractivity contribution in [2.45, 2.75) is 6.18 Å². The van der Waals surface area contributed by atoms with Crippen LogP contribution in [0, 0.1) is 7.14 Å². The van der Waals surface area contributed by atoms with Crippen LogP contribution in [-0.4, -0.2) is 12.1 Å². The Labute approximate surface area is 121 Å². The molecule has 2 rings (SSSR count). The molecule has 0 amide bonds. The fraction of sp³-hybridized carbons (Fsp3) is 0.0714. The SMILES string of the molecule is O=C(O[I+](c1ccccc1)c1ccccc1)C(F)(F)F. The van der Waals surface area contributed by atoms with E-state index in [0.29, 0.717) is 7.14 Å². The minimum Gasteiger partial charge on any atom is -0.236 e. The average Bonchev–Trinajstić information content (AvgIpc) is 2.45. The van der Waals surface area contributed by atoms with E-state index >= 15 is 0 Å². The van der Waals surface area contributed by atoms with Gasteiger partial charge in [0.05, 0.1) is 0 Å². The molecule has 0 saturated carbocycles. The molecule has 0 bridgehead atoms. The molecular formula is C14H10F3IO2+. The Kier molecular flexibility index (Phi) is 4.64. The maximum Gasteiger partial charge on any atom is 0.496 e. The lowest BCUT2D eigenvalue weighted by Crippen LogP contribution is -3.85. The summed E-state index contributed by atoms with van der Waals surface area (Å²) in [4.78, 5) is 11.1. The first-order valence-electron chi connectivity index (χ1n) is 5.58. The fourth-order valence-electron chi connectivity index (χ4n) is 1.39. The minimum atomic E-state index is -4.97. The molecule has 105 valence electrons. The van der Waals surface area contributed by atoms with Crippen LogP contribution in [0.2, 0.25) is 0 Å². The van der Waals surface area contributed by atoms with Crippen molar-refractivity contribution >= 4 is 5.97 Å². The second-order valence-electron chi connectivity index (χ2n) is 3.70. The van der Waals surface area contributed by atoms with Gasteiger partial charge in [-0.15, -0.1) is 0 Å². The lowest BCUT2D eigenvalue weighted by molar-refractivity contribution is -1.04. The summed E-state index contributed by atoms with van der Waals surface area (Å²) >= 11 is -2.88. The maximum absolute atomic E-state index is 12.4. The van der Waals surface area contributed by atoms with Crippen LogP contribution in [0.25, 0.3) is 0 Å². The summed E-state index contributed by atoms with van der Waals surface area (Å²) in [6.07, 6.45) is -4.97. The van der Waals surface area contributed by atoms with Crippen molar-refractivity contribution < 1.29 is 41.3 Å². The Morgan fingerprint density at radius 3 is 1.60 bits per heavy atom. The molecule has 2 aromatic carbocycles. The molecule has 0 atom stereocenters. The van der Waals surface area contributed by atoms with Gasteiger partial charge in [-0.1, -0.05) is 36.4 Å². The predicted molar refractivity (Wildman–Crippen MR) is 62.4 cm³/mol. The summed E-state index contributed by atoms with van der Waals surface area (Å²) in [6.45, 7) is 0. The van der Waals surface area contributed by atoms with Crippen LogP contribution in [-0.2, 0) is 7.86 Å². The van der Waals surface area contributed by atoms with E-state index in [1.165, 1.54) is 0 Å². The number of halogens is 4. The van der Waals surface area contributed by atoms with Crippen molar-refractivity contribution in [1.29, 1.82) is 0 Å². The molecule has 0 saturated heterocycles. The largest absolute Gasteiger partial charge is 0.496 e. The molecule has 0 aromatic heterocycles. The summed E-state index contributed by atoms with van der Waals surface area (Å²) in [5, 5.41) is 0. The number of benzene rings is 2. The lowest BCUT2D eigenvalue weighted by Gasteiger charge is -2.06. The highest BCUT2D eigenvalue weighted by molar-refractivity contribution is 5.74. The van der Waals surface area contributed by atoms with E-state index in [2.05, 4.69) is 0 Å². The molecule has 0 fully saturated rings. The molecule has 2 aromatic rings. The quantitative estimate of drug-likeness (QED) is 0.704. The van der Waals surface area contributed by atoms with E-state index < -0.39 is 32.4 Å². The Morgan fingerprint density at radius 2 is 1.25 bits per heavy atom. The molecular weight excluding hydrogens is 384 g/mol. The summed E-state index contributed by atoms with van der Waals surface area (Å²) < 4.78 is 43.2. The summed E-state index contributed by atoms with van der Waals surface area (Å²) in [7, 11) is 0. The van der Waals surface area contributed by atoms with E-state index in [1.807, 2.05) is 0 Å². The molecule has 0 unspecified atom stereocenters. The van der Waals surface area contributed by atoms with Crippen LogP contribution in [0.15, 0.2) is 60.7 Å². The number of carbonyl (C=O) groups is 1. The van der Waals surface area contributed by atoms with Gasteiger partial charge in [-0.25, -0.2) is 7.86 Å². The molecule has 2 nitrogen and oxygen atoms in total. The second-order valence-corrected chi connectivity index (χ2v) is 8.05. The van der Waals surface area contributed by atoms with Gasteiger partial charge in [-0.3, -0.25) is 0 Å². The zero-order valence-corrected chi connectivity index (χ0v) is 12.3. The maximum atomic E-state index is 12.4. The third-order valence-corrected chi connectivity index (χ3v) is 6.78. The van der Waals surface area contributed by atoms with Crippen LogP contribution < -0.4 is 20.2 Å². The van der Waals surface area contributed by atoms with Crippen molar-refractivity contribution in [1.82, 2.24) is 0 Å². The van der Waals surface area contributed by atoms with Gasteiger partial charge < -0.3 is 0 Å². The Hall–Kier alpha value is -1.57. The van der Waals surface area contributed by atoms with E-state index in [0.717, 1.165) is 0 Å². The zero-order chi connectivity index (χ0) is 14.6. The van der Waals surface area contributed by atoms with Crippen LogP contribution in [0.4, 0.5) is 13.2 Å². The standard InChI is InChI=1S/C14H10F3IO2/c15-14(16,17)13(19)20-18(11-7-3-1-4-8-11)12-9-5-2-6-10-12/h1-10H/q+1. The van der Waals surface area contributed by atoms with Gasteiger partial charge in [0.2, 0.25) is 0 Å². The van der Waals surface area contributed by atoms with Gasteiger partial charge in [0.25, 0.3) is 0 Å². The highest BCUT2D eigenvalue weighted by Gasteiger charge is 2.48. The van der Waals surface area contributed by atoms with Gasteiger partial charge in [-0.2, -0.15) is 13.2 Å². The molecule has 0 spiro atoms. The van der Waals surface area contributed by atoms with Crippen molar-refractivity contribution in [2.24, 2.45) is 0 Å². The normalized spacial score (nSPS) is 11.4. The van der Waals surface area contributed by atoms with E-state index in [4.69, 9.17) is 3.07 Å². The van der Waals surface area contributed by atoms with Gasteiger partial charge in [0.1, 0.15) is 0 Å². The van der Waals surface area contributed by atoms with Gasteiger partial charge in [0.15, 0.2) is 7.14 Å². The molecule has 6 heteroatoms. The first-order chi connectivity index (χ1) is 9.48. The zero-order valence-electron chi connectivity index (χ0n) is 10.1. The van der Waals surface area contributed by atoms with Crippen LogP contribution in [0.5, 0.6) is 0 Å². The first-order valence-corrected chi connectivity index (χ1v) is 8.62. The fourth-order valence-corrected chi connectivity index (χ4v) is 5.40. The first kappa shape index (κ1) is 14.8. The third-order valence-electron chi connectivity index (χ3n) is 2.24. The van der Waals surface area contributed by atoms with Crippen molar-refractivity contribution in [3.63, 3.8) is 0 Å². The monoisotopic (exact) mass is 394 g/mol. The Bertz CT molecular complexity index is 530. The van der Waals surface area contributed by atoms with Crippen LogP contribution in [0.1, 0.15) is 0 Å². The topological polar surface area (TPSA) is 26.3 Å². The Balaban J connectivity index is 2.34. The van der Waals surface area contributed by atoms with E-state index in [9.17, 15) is 18.0 Å². The van der Waals surface area contributed by atoms with E-state index in [-0.39, 0.29) is 0 Å². The van der Waals surface area contributed by atoms with Crippen molar-refractivity contribution in [2.75, 3.05) is 0 Å².